The first kappa shape index (κ1) is 25.9. The van der Waals surface area contributed by atoms with Gasteiger partial charge in [0.25, 0.3) is 5.91 Å². The maximum atomic E-state index is 12.5. The zero-order valence-corrected chi connectivity index (χ0v) is 23.0. The number of aromatic nitrogens is 5. The Hall–Kier alpha value is -3.77. The number of rotatable bonds is 6. The van der Waals surface area contributed by atoms with Gasteiger partial charge in [-0.15, -0.1) is 11.3 Å². The molecule has 1 aliphatic rings. The maximum absolute atomic E-state index is 12.5. The second-order valence-corrected chi connectivity index (χ2v) is 11.4. The second kappa shape index (κ2) is 10.2. The number of carbonyl (C=O) groups excluding carboxylic acids is 2. The third-order valence-electron chi connectivity index (χ3n) is 6.24. The molecular formula is C26H32N8O3S. The van der Waals surface area contributed by atoms with Crippen molar-refractivity contribution in [3.05, 3.63) is 47.7 Å². The van der Waals surface area contributed by atoms with Crippen LogP contribution in [0.1, 0.15) is 45.0 Å². The highest BCUT2D eigenvalue weighted by molar-refractivity contribution is 7.14. The number of ether oxygens (including phenoxy) is 1. The highest BCUT2D eigenvalue weighted by atomic mass is 32.1. The van der Waals surface area contributed by atoms with Crippen molar-refractivity contribution in [2.45, 2.75) is 52.4 Å². The molecule has 0 unspecified atom stereocenters. The minimum Gasteiger partial charge on any atom is -0.372 e. The van der Waals surface area contributed by atoms with Crippen LogP contribution in [-0.2, 0) is 15.1 Å². The number of imidazole rings is 1. The van der Waals surface area contributed by atoms with Crippen molar-refractivity contribution in [3.63, 3.8) is 0 Å². The van der Waals surface area contributed by atoms with Gasteiger partial charge in [0.15, 0.2) is 16.6 Å². The molecule has 11 nitrogen and oxygen atoms in total. The molecule has 5 heterocycles. The molecule has 0 saturated carbocycles. The number of morpholine rings is 1. The van der Waals surface area contributed by atoms with Crippen molar-refractivity contribution in [3.8, 4) is 11.4 Å². The Morgan fingerprint density at radius 1 is 1.13 bits per heavy atom. The predicted molar refractivity (Wildman–Crippen MR) is 147 cm³/mol. The zero-order chi connectivity index (χ0) is 27.0. The number of thiazole rings is 1. The largest absolute Gasteiger partial charge is 0.372 e. The van der Waals surface area contributed by atoms with E-state index < -0.39 is 0 Å². The Balaban J connectivity index is 1.23. The van der Waals surface area contributed by atoms with Crippen LogP contribution in [0.25, 0.3) is 17.0 Å². The molecule has 2 N–H and O–H groups in total. The van der Waals surface area contributed by atoms with Crippen LogP contribution in [0.4, 0.5) is 10.9 Å². The molecule has 0 spiro atoms. The van der Waals surface area contributed by atoms with Gasteiger partial charge in [0.05, 0.1) is 30.5 Å². The van der Waals surface area contributed by atoms with Gasteiger partial charge in [0, 0.05) is 36.4 Å². The summed E-state index contributed by atoms with van der Waals surface area (Å²) in [5.74, 6) is 0.243. The molecule has 1 saturated heterocycles. The first-order chi connectivity index (χ1) is 18.1. The first-order valence-electron chi connectivity index (χ1n) is 12.5. The minimum atomic E-state index is -0.356. The number of nitrogens with zero attached hydrogens (tertiary/aromatic N) is 6. The Kier molecular flexibility index (Phi) is 6.93. The van der Waals surface area contributed by atoms with Crippen LogP contribution in [0.2, 0.25) is 0 Å². The lowest BCUT2D eigenvalue weighted by atomic mass is 10.1. The first-order valence-corrected chi connectivity index (χ1v) is 13.4. The molecule has 2 atom stereocenters. The smallest absolute Gasteiger partial charge is 0.253 e. The summed E-state index contributed by atoms with van der Waals surface area (Å²) >= 11 is 1.30. The lowest BCUT2D eigenvalue weighted by Crippen LogP contribution is -2.46. The fourth-order valence-corrected chi connectivity index (χ4v) is 5.12. The summed E-state index contributed by atoms with van der Waals surface area (Å²) in [7, 11) is 0. The Bertz CT molecular complexity index is 1460. The second-order valence-electron chi connectivity index (χ2n) is 10.5. The van der Waals surface area contributed by atoms with Gasteiger partial charge in [-0.1, -0.05) is 0 Å². The minimum absolute atomic E-state index is 0.117. The van der Waals surface area contributed by atoms with Crippen molar-refractivity contribution < 1.29 is 14.3 Å². The summed E-state index contributed by atoms with van der Waals surface area (Å²) in [4.78, 5) is 36.2. The van der Waals surface area contributed by atoms with E-state index >= 15 is 0 Å². The molecule has 0 radical (unpaired) electrons. The van der Waals surface area contributed by atoms with Gasteiger partial charge in [-0.25, -0.2) is 9.97 Å². The number of amides is 2. The van der Waals surface area contributed by atoms with Crippen LogP contribution < -0.4 is 15.5 Å². The van der Waals surface area contributed by atoms with Gasteiger partial charge in [0.1, 0.15) is 11.4 Å². The molecule has 4 aromatic rings. The summed E-state index contributed by atoms with van der Waals surface area (Å²) in [6.45, 7) is 11.6. The SMILES string of the molecule is C[C@@H]1CN(c2cnc3ccc(-c4csc(NC(=O)CNC(=O)c5ccn(C(C)(C)C)c5)n4)nn23)C[C@H](C)O1. The number of nitrogens with one attached hydrogen (secondary N) is 2. The van der Waals surface area contributed by atoms with Gasteiger partial charge in [-0.2, -0.15) is 9.61 Å². The molecule has 2 amide bonds. The Morgan fingerprint density at radius 2 is 1.89 bits per heavy atom. The normalized spacial score (nSPS) is 18.1. The third-order valence-corrected chi connectivity index (χ3v) is 7.00. The standard InChI is InChI=1S/C26H32N8O3S/c1-16-12-32(13-17(2)37-16)23-11-27-21-7-6-19(31-34(21)23)20-15-38-25(29-20)30-22(35)10-28-24(36)18-8-9-33(14-18)26(3,4)5/h6-9,11,14-17H,10,12-13H2,1-5H3,(H,28,36)(H,29,30,35)/t16-,17+. The third kappa shape index (κ3) is 5.55. The number of hydrogen-bond donors (Lipinski definition) is 2. The topological polar surface area (TPSA) is 119 Å². The van der Waals surface area contributed by atoms with E-state index in [1.54, 1.807) is 12.3 Å². The van der Waals surface area contributed by atoms with Crippen LogP contribution >= 0.6 is 11.3 Å². The molecule has 200 valence electrons. The number of anilines is 2. The fraction of sp³-hybridized carbons (Fsp3) is 0.423. The summed E-state index contributed by atoms with van der Waals surface area (Å²) in [6.07, 6.45) is 5.69. The fourth-order valence-electron chi connectivity index (χ4n) is 4.40. The van der Waals surface area contributed by atoms with Crippen LogP contribution in [0.15, 0.2) is 42.2 Å². The van der Waals surface area contributed by atoms with Crippen LogP contribution in [0.5, 0.6) is 0 Å². The van der Waals surface area contributed by atoms with Crippen LogP contribution in [-0.4, -0.2) is 67.8 Å². The van der Waals surface area contributed by atoms with Crippen LogP contribution in [0.3, 0.4) is 0 Å². The van der Waals surface area contributed by atoms with E-state index in [1.165, 1.54) is 11.3 Å². The van der Waals surface area contributed by atoms with Crippen molar-refractivity contribution in [2.24, 2.45) is 0 Å². The lowest BCUT2D eigenvalue weighted by molar-refractivity contribution is -0.115. The molecule has 5 rings (SSSR count). The molecule has 38 heavy (non-hydrogen) atoms. The monoisotopic (exact) mass is 536 g/mol. The van der Waals surface area contributed by atoms with Gasteiger partial charge in [0.2, 0.25) is 5.91 Å². The molecule has 4 aromatic heterocycles. The molecule has 12 heteroatoms. The number of fused-ring (bicyclic) bond motifs is 1. The summed E-state index contributed by atoms with van der Waals surface area (Å²) in [6, 6.07) is 5.50. The zero-order valence-electron chi connectivity index (χ0n) is 22.1. The van der Waals surface area contributed by atoms with Crippen molar-refractivity contribution >= 4 is 39.7 Å². The Labute approximate surface area is 224 Å². The van der Waals surface area contributed by atoms with E-state index in [-0.39, 0.29) is 36.1 Å². The van der Waals surface area contributed by atoms with Crippen molar-refractivity contribution in [1.82, 2.24) is 29.5 Å². The van der Waals surface area contributed by atoms with Crippen LogP contribution in [0, 0.1) is 0 Å². The van der Waals surface area contributed by atoms with Gasteiger partial charge < -0.3 is 24.8 Å². The van der Waals surface area contributed by atoms with E-state index in [1.807, 2.05) is 39.0 Å². The average molecular weight is 537 g/mol. The van der Waals surface area contributed by atoms with Gasteiger partial charge in [-0.05, 0) is 52.8 Å². The van der Waals surface area contributed by atoms with Crippen molar-refractivity contribution in [2.75, 3.05) is 29.9 Å². The molecule has 1 fully saturated rings. The highest BCUT2D eigenvalue weighted by Gasteiger charge is 2.25. The molecule has 0 aromatic carbocycles. The highest BCUT2D eigenvalue weighted by Crippen LogP contribution is 2.26. The predicted octanol–water partition coefficient (Wildman–Crippen LogP) is 3.39. The molecule has 0 aliphatic carbocycles. The van der Waals surface area contributed by atoms with E-state index in [4.69, 9.17) is 9.84 Å². The average Bonchev–Trinajstić information content (AvgIpc) is 3.60. The van der Waals surface area contributed by atoms with Gasteiger partial charge >= 0.3 is 0 Å². The lowest BCUT2D eigenvalue weighted by Gasteiger charge is -2.35. The van der Waals surface area contributed by atoms with Gasteiger partial charge in [-0.3, -0.25) is 9.59 Å². The number of carbonyl (C=O) groups is 2. The quantitative estimate of drug-likeness (QED) is 0.388. The molecule has 0 bridgehead atoms. The number of hydrogen-bond acceptors (Lipinski definition) is 8. The maximum Gasteiger partial charge on any atom is 0.253 e. The Morgan fingerprint density at radius 3 is 2.61 bits per heavy atom. The van der Waals surface area contributed by atoms with E-state index in [9.17, 15) is 9.59 Å². The van der Waals surface area contributed by atoms with E-state index in [0.29, 0.717) is 22.1 Å². The summed E-state index contributed by atoms with van der Waals surface area (Å²) in [5.41, 5.74) is 2.43. The van der Waals surface area contributed by atoms with E-state index in [0.717, 1.165) is 24.6 Å². The van der Waals surface area contributed by atoms with Crippen molar-refractivity contribution in [1.29, 1.82) is 0 Å². The summed E-state index contributed by atoms with van der Waals surface area (Å²) in [5, 5.41) is 12.5. The van der Waals surface area contributed by atoms with E-state index in [2.05, 4.69) is 60.1 Å². The summed E-state index contributed by atoms with van der Waals surface area (Å²) < 4.78 is 9.64. The molecule has 1 aliphatic heterocycles. The molecular weight excluding hydrogens is 504 g/mol.